The standard InChI is InChI=1S/C18H17BrFNO3/c1-11-17(24-16-6-4-3-5-15(16)23-11)18(22)21(2)10-12-9-13(19)7-8-14(12)20/h3-9,11,17H,10H2,1-2H3. The molecule has 6 heteroatoms. The topological polar surface area (TPSA) is 38.8 Å². The Bertz CT molecular complexity index is 768. The summed E-state index contributed by atoms with van der Waals surface area (Å²) in [5.41, 5.74) is 0.435. The predicted octanol–water partition coefficient (Wildman–Crippen LogP) is 3.78. The molecule has 0 aliphatic carbocycles. The first-order chi connectivity index (χ1) is 11.5. The van der Waals surface area contributed by atoms with Crippen molar-refractivity contribution in [2.75, 3.05) is 7.05 Å². The van der Waals surface area contributed by atoms with Crippen molar-refractivity contribution < 1.29 is 18.7 Å². The van der Waals surface area contributed by atoms with Crippen LogP contribution in [0.25, 0.3) is 0 Å². The van der Waals surface area contributed by atoms with E-state index in [1.165, 1.54) is 11.0 Å². The monoisotopic (exact) mass is 393 g/mol. The lowest BCUT2D eigenvalue weighted by Gasteiger charge is -2.33. The summed E-state index contributed by atoms with van der Waals surface area (Å²) in [6.45, 7) is 1.93. The van der Waals surface area contributed by atoms with E-state index in [2.05, 4.69) is 15.9 Å². The number of para-hydroxylation sites is 2. The molecule has 0 radical (unpaired) electrons. The Morgan fingerprint density at radius 3 is 2.58 bits per heavy atom. The molecule has 2 atom stereocenters. The van der Waals surface area contributed by atoms with E-state index >= 15 is 0 Å². The third-order valence-corrected chi connectivity index (χ3v) is 4.37. The Morgan fingerprint density at radius 2 is 1.88 bits per heavy atom. The number of likely N-dealkylation sites (N-methyl/N-ethyl adjacent to an activating group) is 1. The van der Waals surface area contributed by atoms with Crippen LogP contribution >= 0.6 is 15.9 Å². The summed E-state index contributed by atoms with van der Waals surface area (Å²) >= 11 is 3.31. The van der Waals surface area contributed by atoms with E-state index in [1.807, 2.05) is 12.1 Å². The molecule has 1 aliphatic heterocycles. The van der Waals surface area contributed by atoms with Gasteiger partial charge in [-0.2, -0.15) is 0 Å². The van der Waals surface area contributed by atoms with Crippen LogP contribution in [-0.2, 0) is 11.3 Å². The Labute approximate surface area is 148 Å². The van der Waals surface area contributed by atoms with Crippen molar-refractivity contribution >= 4 is 21.8 Å². The van der Waals surface area contributed by atoms with Gasteiger partial charge in [-0.1, -0.05) is 28.1 Å². The van der Waals surface area contributed by atoms with Gasteiger partial charge in [-0.15, -0.1) is 0 Å². The summed E-state index contributed by atoms with van der Waals surface area (Å²) in [5, 5.41) is 0. The second-order valence-corrected chi connectivity index (χ2v) is 6.65. The lowest BCUT2D eigenvalue weighted by molar-refractivity contribution is -0.143. The van der Waals surface area contributed by atoms with Gasteiger partial charge in [0.05, 0.1) is 0 Å². The van der Waals surface area contributed by atoms with Crippen molar-refractivity contribution in [1.29, 1.82) is 0 Å². The smallest absolute Gasteiger partial charge is 0.267 e. The van der Waals surface area contributed by atoms with Crippen LogP contribution in [0.3, 0.4) is 0 Å². The largest absolute Gasteiger partial charge is 0.482 e. The minimum atomic E-state index is -0.764. The molecule has 3 rings (SSSR count). The third-order valence-electron chi connectivity index (χ3n) is 3.88. The molecule has 0 bridgehead atoms. The Kier molecular flexibility index (Phi) is 4.76. The Hall–Kier alpha value is -2.08. The number of carbonyl (C=O) groups is 1. The van der Waals surface area contributed by atoms with Crippen LogP contribution in [0, 0.1) is 5.82 Å². The highest BCUT2D eigenvalue weighted by molar-refractivity contribution is 9.10. The number of amides is 1. The van der Waals surface area contributed by atoms with Gasteiger partial charge in [-0.25, -0.2) is 4.39 Å². The zero-order valence-electron chi connectivity index (χ0n) is 13.3. The molecule has 0 saturated heterocycles. The van der Waals surface area contributed by atoms with Crippen LogP contribution < -0.4 is 9.47 Å². The number of rotatable bonds is 3. The molecule has 4 nitrogen and oxygen atoms in total. The van der Waals surface area contributed by atoms with Crippen molar-refractivity contribution in [1.82, 2.24) is 4.90 Å². The highest BCUT2D eigenvalue weighted by Crippen LogP contribution is 2.34. The van der Waals surface area contributed by atoms with Crippen molar-refractivity contribution in [3.63, 3.8) is 0 Å². The average molecular weight is 394 g/mol. The van der Waals surface area contributed by atoms with Gasteiger partial charge in [0.15, 0.2) is 11.5 Å². The molecule has 2 aromatic rings. The quantitative estimate of drug-likeness (QED) is 0.796. The number of ether oxygens (including phenoxy) is 2. The maximum atomic E-state index is 13.9. The van der Waals surface area contributed by atoms with Gasteiger partial charge in [0.1, 0.15) is 11.9 Å². The van der Waals surface area contributed by atoms with E-state index in [1.54, 1.807) is 38.2 Å². The number of hydrogen-bond acceptors (Lipinski definition) is 3. The highest BCUT2D eigenvalue weighted by Gasteiger charge is 2.35. The van der Waals surface area contributed by atoms with Crippen LogP contribution in [-0.4, -0.2) is 30.1 Å². The molecule has 0 aromatic heterocycles. The van der Waals surface area contributed by atoms with E-state index in [4.69, 9.17) is 9.47 Å². The first-order valence-corrected chi connectivity index (χ1v) is 8.36. The van der Waals surface area contributed by atoms with Gasteiger partial charge in [-0.05, 0) is 37.3 Å². The molecule has 24 heavy (non-hydrogen) atoms. The molecule has 0 spiro atoms. The normalized spacial score (nSPS) is 19.0. The van der Waals surface area contributed by atoms with Crippen LogP contribution in [0.15, 0.2) is 46.9 Å². The maximum Gasteiger partial charge on any atom is 0.267 e. The van der Waals surface area contributed by atoms with Crippen LogP contribution in [0.4, 0.5) is 4.39 Å². The second-order valence-electron chi connectivity index (χ2n) is 5.74. The molecule has 0 N–H and O–H groups in total. The zero-order valence-corrected chi connectivity index (χ0v) is 14.9. The summed E-state index contributed by atoms with van der Waals surface area (Å²) in [6, 6.07) is 11.9. The minimum Gasteiger partial charge on any atom is -0.482 e. The minimum absolute atomic E-state index is 0.151. The zero-order chi connectivity index (χ0) is 17.3. The number of hydrogen-bond donors (Lipinski definition) is 0. The summed E-state index contributed by atoms with van der Waals surface area (Å²) in [4.78, 5) is 14.2. The molecule has 1 heterocycles. The summed E-state index contributed by atoms with van der Waals surface area (Å²) in [7, 11) is 1.62. The highest BCUT2D eigenvalue weighted by atomic mass is 79.9. The van der Waals surface area contributed by atoms with Gasteiger partial charge in [0.25, 0.3) is 5.91 Å². The lowest BCUT2D eigenvalue weighted by atomic mass is 10.1. The fourth-order valence-electron chi connectivity index (χ4n) is 2.61. The fraction of sp³-hybridized carbons (Fsp3) is 0.278. The van der Waals surface area contributed by atoms with Crippen LogP contribution in [0.5, 0.6) is 11.5 Å². The second kappa shape index (κ2) is 6.81. The van der Waals surface area contributed by atoms with Crippen LogP contribution in [0.1, 0.15) is 12.5 Å². The predicted molar refractivity (Wildman–Crippen MR) is 91.5 cm³/mol. The number of halogens is 2. The fourth-order valence-corrected chi connectivity index (χ4v) is 3.01. The van der Waals surface area contributed by atoms with Gasteiger partial charge in [0.2, 0.25) is 6.10 Å². The maximum absolute atomic E-state index is 13.9. The molecule has 1 aliphatic rings. The molecule has 0 saturated carbocycles. The van der Waals surface area contributed by atoms with Gasteiger partial charge in [0, 0.05) is 23.6 Å². The van der Waals surface area contributed by atoms with Crippen molar-refractivity contribution in [3.05, 3.63) is 58.3 Å². The van der Waals surface area contributed by atoms with E-state index in [9.17, 15) is 9.18 Å². The first kappa shape index (κ1) is 16.8. The van der Waals surface area contributed by atoms with E-state index in [0.29, 0.717) is 17.1 Å². The van der Waals surface area contributed by atoms with E-state index < -0.39 is 12.2 Å². The Morgan fingerprint density at radius 1 is 1.21 bits per heavy atom. The average Bonchev–Trinajstić information content (AvgIpc) is 2.56. The van der Waals surface area contributed by atoms with Crippen LogP contribution in [0.2, 0.25) is 0 Å². The molecular weight excluding hydrogens is 377 g/mol. The SMILES string of the molecule is CC1Oc2ccccc2OC1C(=O)N(C)Cc1cc(Br)ccc1F. The number of carbonyl (C=O) groups excluding carboxylic acids is 1. The van der Waals surface area contributed by atoms with Crippen molar-refractivity contribution in [2.24, 2.45) is 0 Å². The number of fused-ring (bicyclic) bond motifs is 1. The van der Waals surface area contributed by atoms with Gasteiger partial charge < -0.3 is 14.4 Å². The Balaban J connectivity index is 1.75. The molecule has 126 valence electrons. The van der Waals surface area contributed by atoms with Crippen molar-refractivity contribution in [3.8, 4) is 11.5 Å². The first-order valence-electron chi connectivity index (χ1n) is 7.57. The molecule has 2 aromatic carbocycles. The van der Waals surface area contributed by atoms with E-state index in [-0.39, 0.29) is 18.3 Å². The van der Waals surface area contributed by atoms with E-state index in [0.717, 1.165) is 4.47 Å². The van der Waals surface area contributed by atoms with Gasteiger partial charge in [-0.3, -0.25) is 4.79 Å². The van der Waals surface area contributed by atoms with Crippen molar-refractivity contribution in [2.45, 2.75) is 25.7 Å². The molecule has 2 unspecified atom stereocenters. The molecular formula is C18H17BrFNO3. The number of nitrogens with zero attached hydrogens (tertiary/aromatic N) is 1. The summed E-state index contributed by atoms with van der Waals surface area (Å²) in [6.07, 6.45) is -1.19. The lowest BCUT2D eigenvalue weighted by Crippen LogP contribution is -2.49. The summed E-state index contributed by atoms with van der Waals surface area (Å²) in [5.74, 6) is 0.555. The molecule has 1 amide bonds. The van der Waals surface area contributed by atoms with Gasteiger partial charge >= 0.3 is 0 Å². The summed E-state index contributed by atoms with van der Waals surface area (Å²) < 4.78 is 26.2. The third kappa shape index (κ3) is 3.38. The number of benzene rings is 2. The molecule has 0 fully saturated rings.